The zero-order chi connectivity index (χ0) is 15.7. The van der Waals surface area contributed by atoms with E-state index < -0.39 is 0 Å². The van der Waals surface area contributed by atoms with Gasteiger partial charge in [0.1, 0.15) is 17.2 Å². The minimum absolute atomic E-state index is 0.128. The van der Waals surface area contributed by atoms with Crippen LogP contribution in [0.1, 0.15) is 32.2 Å². The van der Waals surface area contributed by atoms with Crippen molar-refractivity contribution in [3.63, 3.8) is 0 Å². The monoisotopic (exact) mass is 297 g/mol. The summed E-state index contributed by atoms with van der Waals surface area (Å²) >= 11 is 0. The smallest absolute Gasteiger partial charge is 0.160 e. The van der Waals surface area contributed by atoms with Crippen molar-refractivity contribution in [1.29, 1.82) is 0 Å². The second kappa shape index (κ2) is 5.52. The molecule has 0 saturated carbocycles. The number of aromatic nitrogens is 3. The van der Waals surface area contributed by atoms with Crippen LogP contribution in [0.15, 0.2) is 42.6 Å². The summed E-state index contributed by atoms with van der Waals surface area (Å²) in [6, 6.07) is 10.5. The lowest BCUT2D eigenvalue weighted by Gasteiger charge is -2.20. The maximum Gasteiger partial charge on any atom is 0.160 e. The Hall–Kier alpha value is -2.23. The quantitative estimate of drug-likeness (QED) is 0.725. The van der Waals surface area contributed by atoms with Crippen LogP contribution in [0.25, 0.3) is 11.2 Å². The normalized spacial score (nSPS) is 12.0. The van der Waals surface area contributed by atoms with Gasteiger partial charge in [0.15, 0.2) is 5.65 Å². The predicted octanol–water partition coefficient (Wildman–Crippen LogP) is 4.21. The first-order valence-electron chi connectivity index (χ1n) is 7.47. The Kier molecular flexibility index (Phi) is 3.69. The second-order valence-electron chi connectivity index (χ2n) is 6.82. The third kappa shape index (κ3) is 3.16. The topological polar surface area (TPSA) is 30.7 Å². The molecule has 0 aliphatic heterocycles. The van der Waals surface area contributed by atoms with E-state index in [9.17, 15) is 4.39 Å². The molecule has 0 saturated heterocycles. The standard InChI is InChI=1S/C18H20FN3/c1-18(2,3)12-22-16(11-13-6-8-14(19)9-7-13)21-15-5-4-10-20-17(15)22/h4-10H,11-12H2,1-3H3. The molecule has 0 aliphatic carbocycles. The number of imidazole rings is 1. The van der Waals surface area contributed by atoms with Gasteiger partial charge >= 0.3 is 0 Å². The highest BCUT2D eigenvalue weighted by atomic mass is 19.1. The van der Waals surface area contributed by atoms with Crippen LogP contribution in [0.2, 0.25) is 0 Å². The van der Waals surface area contributed by atoms with Gasteiger partial charge in [0.05, 0.1) is 0 Å². The Labute approximate surface area is 129 Å². The molecule has 3 aromatic rings. The summed E-state index contributed by atoms with van der Waals surface area (Å²) in [4.78, 5) is 9.20. The average molecular weight is 297 g/mol. The van der Waals surface area contributed by atoms with E-state index in [1.54, 1.807) is 6.20 Å². The predicted molar refractivity (Wildman–Crippen MR) is 86.2 cm³/mol. The third-order valence-electron chi connectivity index (χ3n) is 3.49. The highest BCUT2D eigenvalue weighted by Gasteiger charge is 2.18. The van der Waals surface area contributed by atoms with Crippen molar-refractivity contribution < 1.29 is 4.39 Å². The van der Waals surface area contributed by atoms with Crippen LogP contribution in [-0.2, 0) is 13.0 Å². The molecule has 0 N–H and O–H groups in total. The van der Waals surface area contributed by atoms with Crippen LogP contribution < -0.4 is 0 Å². The molecule has 0 atom stereocenters. The number of halogens is 1. The van der Waals surface area contributed by atoms with E-state index in [2.05, 4.69) is 30.3 Å². The Balaban J connectivity index is 2.03. The molecule has 0 fully saturated rings. The fourth-order valence-corrected chi connectivity index (χ4v) is 2.57. The molecular weight excluding hydrogens is 277 g/mol. The summed E-state index contributed by atoms with van der Waals surface area (Å²) in [5.41, 5.74) is 2.99. The fourth-order valence-electron chi connectivity index (χ4n) is 2.57. The van der Waals surface area contributed by atoms with Gasteiger partial charge < -0.3 is 4.57 Å². The molecule has 4 heteroatoms. The van der Waals surface area contributed by atoms with Crippen molar-refractivity contribution in [3.8, 4) is 0 Å². The number of hydrogen-bond donors (Lipinski definition) is 0. The van der Waals surface area contributed by atoms with Gasteiger partial charge in [-0.15, -0.1) is 0 Å². The van der Waals surface area contributed by atoms with Gasteiger partial charge in [-0.3, -0.25) is 0 Å². The van der Waals surface area contributed by atoms with Crippen LogP contribution in [0.4, 0.5) is 4.39 Å². The number of benzene rings is 1. The maximum atomic E-state index is 13.1. The molecule has 0 amide bonds. The molecule has 0 spiro atoms. The molecule has 2 heterocycles. The van der Waals surface area contributed by atoms with Crippen LogP contribution >= 0.6 is 0 Å². The summed E-state index contributed by atoms with van der Waals surface area (Å²) in [5.74, 6) is 0.754. The number of hydrogen-bond acceptors (Lipinski definition) is 2. The Morgan fingerprint density at radius 3 is 2.50 bits per heavy atom. The minimum Gasteiger partial charge on any atom is -0.312 e. The molecular formula is C18H20FN3. The maximum absolute atomic E-state index is 13.1. The van der Waals surface area contributed by atoms with E-state index >= 15 is 0 Å². The van der Waals surface area contributed by atoms with Crippen LogP contribution in [0.5, 0.6) is 0 Å². The Morgan fingerprint density at radius 2 is 1.82 bits per heavy atom. The van der Waals surface area contributed by atoms with Gasteiger partial charge in [-0.1, -0.05) is 32.9 Å². The summed E-state index contributed by atoms with van der Waals surface area (Å²) < 4.78 is 15.2. The largest absolute Gasteiger partial charge is 0.312 e. The molecule has 3 rings (SSSR count). The van der Waals surface area contributed by atoms with Gasteiger partial charge in [0, 0.05) is 19.2 Å². The van der Waals surface area contributed by atoms with Gasteiger partial charge in [0.25, 0.3) is 0 Å². The molecule has 0 bridgehead atoms. The first-order chi connectivity index (χ1) is 10.4. The molecule has 114 valence electrons. The van der Waals surface area contributed by atoms with E-state index in [1.807, 2.05) is 24.3 Å². The van der Waals surface area contributed by atoms with Gasteiger partial charge in [0.2, 0.25) is 0 Å². The van der Waals surface area contributed by atoms with E-state index in [4.69, 9.17) is 4.98 Å². The van der Waals surface area contributed by atoms with E-state index in [1.165, 1.54) is 12.1 Å². The first kappa shape index (κ1) is 14.7. The number of pyridine rings is 1. The van der Waals surface area contributed by atoms with Crippen LogP contribution in [0.3, 0.4) is 0 Å². The van der Waals surface area contributed by atoms with Crippen LogP contribution in [-0.4, -0.2) is 14.5 Å². The molecule has 2 aromatic heterocycles. The van der Waals surface area contributed by atoms with Crippen molar-refractivity contribution in [3.05, 3.63) is 59.8 Å². The summed E-state index contributed by atoms with van der Waals surface area (Å²) in [6.07, 6.45) is 2.47. The zero-order valence-electron chi connectivity index (χ0n) is 13.2. The SMILES string of the molecule is CC(C)(C)Cn1c(Cc2ccc(F)cc2)nc2cccnc21. The first-order valence-corrected chi connectivity index (χ1v) is 7.47. The highest BCUT2D eigenvalue weighted by molar-refractivity contribution is 5.71. The van der Waals surface area contributed by atoms with Crippen molar-refractivity contribution in [2.45, 2.75) is 33.7 Å². The lowest BCUT2D eigenvalue weighted by atomic mass is 9.96. The fraction of sp³-hybridized carbons (Fsp3) is 0.333. The van der Waals surface area contributed by atoms with Crippen LogP contribution in [0, 0.1) is 11.2 Å². The summed E-state index contributed by atoms with van der Waals surface area (Å²) in [7, 11) is 0. The van der Waals surface area contributed by atoms with Gasteiger partial charge in [-0.05, 0) is 35.2 Å². The van der Waals surface area contributed by atoms with E-state index in [0.29, 0.717) is 6.42 Å². The Bertz CT molecular complexity index is 782. The van der Waals surface area contributed by atoms with Crippen molar-refractivity contribution in [1.82, 2.24) is 14.5 Å². The van der Waals surface area contributed by atoms with Gasteiger partial charge in [-0.25, -0.2) is 14.4 Å². The van der Waals surface area contributed by atoms with Crippen molar-refractivity contribution >= 4 is 11.2 Å². The molecule has 22 heavy (non-hydrogen) atoms. The molecule has 3 nitrogen and oxygen atoms in total. The highest BCUT2D eigenvalue weighted by Crippen LogP contribution is 2.23. The molecule has 1 aromatic carbocycles. The third-order valence-corrected chi connectivity index (χ3v) is 3.49. The number of fused-ring (bicyclic) bond motifs is 1. The lowest BCUT2D eigenvalue weighted by molar-refractivity contribution is 0.343. The molecule has 0 aliphatic rings. The van der Waals surface area contributed by atoms with Crippen molar-refractivity contribution in [2.24, 2.45) is 5.41 Å². The van der Waals surface area contributed by atoms with Gasteiger partial charge in [-0.2, -0.15) is 0 Å². The van der Waals surface area contributed by atoms with E-state index in [0.717, 1.165) is 29.1 Å². The molecule has 0 unspecified atom stereocenters. The summed E-state index contributed by atoms with van der Waals surface area (Å²) in [6.45, 7) is 7.44. The number of rotatable bonds is 3. The van der Waals surface area contributed by atoms with E-state index in [-0.39, 0.29) is 11.2 Å². The zero-order valence-corrected chi connectivity index (χ0v) is 13.2. The average Bonchev–Trinajstić information content (AvgIpc) is 2.78. The lowest BCUT2D eigenvalue weighted by Crippen LogP contribution is -2.18. The Morgan fingerprint density at radius 1 is 1.09 bits per heavy atom. The van der Waals surface area contributed by atoms with Crippen molar-refractivity contribution in [2.75, 3.05) is 0 Å². The minimum atomic E-state index is -0.214. The second-order valence-corrected chi connectivity index (χ2v) is 6.82. The molecule has 0 radical (unpaired) electrons. The summed E-state index contributed by atoms with van der Waals surface area (Å²) in [5, 5.41) is 0. The number of nitrogens with zero attached hydrogens (tertiary/aromatic N) is 3.